The van der Waals surface area contributed by atoms with Crippen LogP contribution in [-0.4, -0.2) is 50.8 Å². The average molecular weight is 312 g/mol. The smallest absolute Gasteiger partial charge is 0.295 e. The van der Waals surface area contributed by atoms with Crippen LogP contribution >= 0.6 is 0 Å². The summed E-state index contributed by atoms with van der Waals surface area (Å²) in [5.41, 5.74) is 1.32. The minimum atomic E-state index is -0.473. The number of likely N-dealkylation sites (tertiary alicyclic amines) is 1. The van der Waals surface area contributed by atoms with Gasteiger partial charge in [0, 0.05) is 18.7 Å². The number of fused-ring (bicyclic) bond motifs is 3. The van der Waals surface area contributed by atoms with E-state index in [0.29, 0.717) is 31.7 Å². The van der Waals surface area contributed by atoms with Gasteiger partial charge in [0.1, 0.15) is 0 Å². The van der Waals surface area contributed by atoms with E-state index in [4.69, 9.17) is 4.74 Å². The number of amides is 1. The third kappa shape index (κ3) is 2.43. The fourth-order valence-electron chi connectivity index (χ4n) is 3.22. The third-order valence-electron chi connectivity index (χ3n) is 4.45. The number of aromatic nitrogens is 3. The Morgan fingerprint density at radius 3 is 2.87 bits per heavy atom. The van der Waals surface area contributed by atoms with E-state index < -0.39 is 11.7 Å². The first-order valence-corrected chi connectivity index (χ1v) is 7.63. The molecule has 2 aliphatic rings. The van der Waals surface area contributed by atoms with Gasteiger partial charge < -0.3 is 9.64 Å². The van der Waals surface area contributed by atoms with E-state index in [2.05, 4.69) is 10.3 Å². The largest absolute Gasteiger partial charge is 0.370 e. The van der Waals surface area contributed by atoms with Gasteiger partial charge in [-0.3, -0.25) is 9.59 Å². The number of ether oxygens (including phenoxy) is 1. The minimum absolute atomic E-state index is 0.0140. The minimum Gasteiger partial charge on any atom is -0.370 e. The van der Waals surface area contributed by atoms with Crippen LogP contribution < -0.4 is 0 Å². The van der Waals surface area contributed by atoms with Crippen LogP contribution in [0.3, 0.4) is 0 Å². The van der Waals surface area contributed by atoms with Crippen LogP contribution in [-0.2, 0) is 16.1 Å². The Labute approximate surface area is 132 Å². The van der Waals surface area contributed by atoms with Crippen molar-refractivity contribution in [2.75, 3.05) is 13.1 Å². The van der Waals surface area contributed by atoms with Crippen molar-refractivity contribution in [2.45, 2.75) is 25.2 Å². The predicted molar refractivity (Wildman–Crippen MR) is 79.6 cm³/mol. The van der Waals surface area contributed by atoms with E-state index in [1.165, 1.54) is 0 Å². The Kier molecular flexibility index (Phi) is 3.42. The fourth-order valence-corrected chi connectivity index (χ4v) is 3.22. The molecule has 7 heteroatoms. The number of carbonyl (C=O) groups is 2. The highest BCUT2D eigenvalue weighted by Crippen LogP contribution is 2.30. The molecule has 1 fully saturated rings. The van der Waals surface area contributed by atoms with E-state index >= 15 is 0 Å². The van der Waals surface area contributed by atoms with Crippen molar-refractivity contribution in [2.24, 2.45) is 0 Å². The summed E-state index contributed by atoms with van der Waals surface area (Å²) >= 11 is 0. The normalized spacial score (nSPS) is 23.0. The second-order valence-corrected chi connectivity index (χ2v) is 5.82. The van der Waals surface area contributed by atoms with Crippen molar-refractivity contribution in [3.05, 3.63) is 47.8 Å². The van der Waals surface area contributed by atoms with Crippen molar-refractivity contribution in [1.82, 2.24) is 19.9 Å². The molecule has 1 saturated heterocycles. The van der Waals surface area contributed by atoms with Crippen LogP contribution in [0.2, 0.25) is 0 Å². The van der Waals surface area contributed by atoms with E-state index in [0.717, 1.165) is 5.69 Å². The Morgan fingerprint density at radius 1 is 1.22 bits per heavy atom. The monoisotopic (exact) mass is 312 g/mol. The van der Waals surface area contributed by atoms with Crippen LogP contribution in [0.25, 0.3) is 0 Å². The van der Waals surface area contributed by atoms with Gasteiger partial charge in [-0.25, -0.2) is 4.68 Å². The first kappa shape index (κ1) is 14.1. The van der Waals surface area contributed by atoms with E-state index in [1.807, 2.05) is 10.7 Å². The average Bonchev–Trinajstić information content (AvgIpc) is 3.10. The van der Waals surface area contributed by atoms with Gasteiger partial charge in [0.15, 0.2) is 0 Å². The van der Waals surface area contributed by atoms with Gasteiger partial charge in [-0.05, 0) is 6.42 Å². The number of piperidine rings is 1. The summed E-state index contributed by atoms with van der Waals surface area (Å²) in [6.45, 7) is 1.42. The molecule has 1 aromatic carbocycles. The molecule has 0 aliphatic carbocycles. The zero-order valence-electron chi connectivity index (χ0n) is 12.5. The second kappa shape index (κ2) is 5.58. The molecule has 0 spiro atoms. The maximum absolute atomic E-state index is 12.5. The molecule has 7 nitrogen and oxygen atoms in total. The van der Waals surface area contributed by atoms with Crippen molar-refractivity contribution in [1.29, 1.82) is 0 Å². The molecule has 3 heterocycles. The summed E-state index contributed by atoms with van der Waals surface area (Å²) in [5.74, 6) is -0.943. The molecule has 2 aromatic rings. The molecule has 0 saturated carbocycles. The Balaban J connectivity index is 1.54. The molecule has 0 bridgehead atoms. The Hall–Kier alpha value is -2.54. The van der Waals surface area contributed by atoms with Crippen molar-refractivity contribution in [3.8, 4) is 0 Å². The Bertz CT molecular complexity index is 743. The predicted octanol–water partition coefficient (Wildman–Crippen LogP) is 0.833. The molecular formula is C16H16N4O3. The lowest BCUT2D eigenvalue weighted by atomic mass is 9.99. The summed E-state index contributed by atoms with van der Waals surface area (Å²) in [6, 6.07) is 8.56. The van der Waals surface area contributed by atoms with Gasteiger partial charge in [-0.1, -0.05) is 35.5 Å². The SMILES string of the molecule is O=C(C(=O)N1CC[C@@H]2OCc3cnnn3[C@@H]2C1)c1ccccc1. The third-order valence-corrected chi connectivity index (χ3v) is 4.45. The van der Waals surface area contributed by atoms with Gasteiger partial charge in [0.25, 0.3) is 5.91 Å². The van der Waals surface area contributed by atoms with Gasteiger partial charge in [0.2, 0.25) is 5.78 Å². The summed E-state index contributed by atoms with van der Waals surface area (Å²) < 4.78 is 7.64. The molecule has 0 radical (unpaired) electrons. The lowest BCUT2D eigenvalue weighted by Crippen LogP contribution is -2.51. The van der Waals surface area contributed by atoms with Gasteiger partial charge in [-0.15, -0.1) is 5.10 Å². The highest BCUT2D eigenvalue weighted by Gasteiger charge is 2.39. The molecule has 118 valence electrons. The van der Waals surface area contributed by atoms with Crippen LogP contribution in [0.4, 0.5) is 0 Å². The van der Waals surface area contributed by atoms with Gasteiger partial charge in [-0.2, -0.15) is 0 Å². The maximum Gasteiger partial charge on any atom is 0.295 e. The molecule has 0 unspecified atom stereocenters. The quantitative estimate of drug-likeness (QED) is 0.606. The summed E-state index contributed by atoms with van der Waals surface area (Å²) in [6.07, 6.45) is 2.38. The molecule has 0 N–H and O–H groups in total. The highest BCUT2D eigenvalue weighted by atomic mass is 16.5. The first-order valence-electron chi connectivity index (χ1n) is 7.63. The lowest BCUT2D eigenvalue weighted by molar-refractivity contribution is -0.133. The van der Waals surface area contributed by atoms with Crippen LogP contribution in [0.1, 0.15) is 28.5 Å². The summed E-state index contributed by atoms with van der Waals surface area (Å²) in [5, 5.41) is 8.01. The lowest BCUT2D eigenvalue weighted by Gasteiger charge is -2.40. The summed E-state index contributed by atoms with van der Waals surface area (Å²) in [7, 11) is 0. The van der Waals surface area contributed by atoms with E-state index in [1.54, 1.807) is 35.4 Å². The molecule has 1 aromatic heterocycles. The number of nitrogens with zero attached hydrogens (tertiary/aromatic N) is 4. The fraction of sp³-hybridized carbons (Fsp3) is 0.375. The standard InChI is InChI=1S/C16H16N4O3/c21-15(11-4-2-1-3-5-11)16(22)19-7-6-14-13(9-19)20-12(10-23-14)8-17-18-20/h1-5,8,13-14H,6-7,9-10H2/t13-,14+/m1/s1. The van der Waals surface area contributed by atoms with E-state index in [9.17, 15) is 9.59 Å². The number of hydrogen-bond donors (Lipinski definition) is 0. The summed E-state index contributed by atoms with van der Waals surface area (Å²) in [4.78, 5) is 26.4. The molecule has 1 amide bonds. The molecule has 4 rings (SSSR count). The number of rotatable bonds is 2. The van der Waals surface area contributed by atoms with Crippen molar-refractivity contribution < 1.29 is 14.3 Å². The molecular weight excluding hydrogens is 296 g/mol. The topological polar surface area (TPSA) is 77.3 Å². The van der Waals surface area contributed by atoms with Gasteiger partial charge in [0.05, 0.1) is 30.6 Å². The zero-order chi connectivity index (χ0) is 15.8. The van der Waals surface area contributed by atoms with Gasteiger partial charge >= 0.3 is 0 Å². The second-order valence-electron chi connectivity index (χ2n) is 5.82. The van der Waals surface area contributed by atoms with Crippen molar-refractivity contribution >= 4 is 11.7 Å². The van der Waals surface area contributed by atoms with Crippen LogP contribution in [0.5, 0.6) is 0 Å². The van der Waals surface area contributed by atoms with Crippen molar-refractivity contribution in [3.63, 3.8) is 0 Å². The highest BCUT2D eigenvalue weighted by molar-refractivity contribution is 6.42. The Morgan fingerprint density at radius 2 is 2.04 bits per heavy atom. The number of ketones is 1. The molecule has 2 atom stereocenters. The number of benzene rings is 1. The van der Waals surface area contributed by atoms with E-state index in [-0.39, 0.29) is 12.1 Å². The van der Waals surface area contributed by atoms with Crippen LogP contribution in [0.15, 0.2) is 36.5 Å². The maximum atomic E-state index is 12.5. The van der Waals surface area contributed by atoms with Crippen LogP contribution in [0, 0.1) is 0 Å². The number of Topliss-reactive ketones (excluding diaryl/α,β-unsaturated/α-hetero) is 1. The molecule has 2 aliphatic heterocycles. The zero-order valence-corrected chi connectivity index (χ0v) is 12.5. The number of hydrogen-bond acceptors (Lipinski definition) is 5. The first-order chi connectivity index (χ1) is 11.2. The number of carbonyl (C=O) groups excluding carboxylic acids is 2. The molecule has 23 heavy (non-hydrogen) atoms.